The van der Waals surface area contributed by atoms with Gasteiger partial charge in [0.1, 0.15) is 5.01 Å². The molecule has 0 radical (unpaired) electrons. The lowest BCUT2D eigenvalue weighted by atomic mass is 10.2. The Labute approximate surface area is 126 Å². The van der Waals surface area contributed by atoms with Gasteiger partial charge in [-0.1, -0.05) is 23.7 Å². The molecule has 0 saturated heterocycles. The van der Waals surface area contributed by atoms with Gasteiger partial charge in [-0.05, 0) is 26.0 Å². The molecule has 1 unspecified atom stereocenters. The first kappa shape index (κ1) is 14.8. The summed E-state index contributed by atoms with van der Waals surface area (Å²) in [4.78, 5) is 16.5. The zero-order valence-electron chi connectivity index (χ0n) is 11.2. The SMILES string of the molecule is CCOC(=O)C(Nc1ccccc1Cl)c1nc(C)cs1. The summed E-state index contributed by atoms with van der Waals surface area (Å²) in [5, 5.41) is 6.22. The van der Waals surface area contributed by atoms with Crippen molar-refractivity contribution in [1.29, 1.82) is 0 Å². The number of esters is 1. The Morgan fingerprint density at radius 2 is 2.25 bits per heavy atom. The van der Waals surface area contributed by atoms with Crippen LogP contribution in [-0.4, -0.2) is 17.6 Å². The lowest BCUT2D eigenvalue weighted by Gasteiger charge is -2.17. The molecule has 0 aliphatic rings. The van der Waals surface area contributed by atoms with Crippen LogP contribution in [-0.2, 0) is 9.53 Å². The second kappa shape index (κ2) is 6.72. The standard InChI is InChI=1S/C14H15ClN2O2S/c1-3-19-14(18)12(13-16-9(2)8-20-13)17-11-7-5-4-6-10(11)15/h4-8,12,17H,3H2,1-2H3. The second-order valence-electron chi connectivity index (χ2n) is 4.14. The first-order chi connectivity index (χ1) is 9.61. The predicted octanol–water partition coefficient (Wildman–Crippen LogP) is 3.82. The Hall–Kier alpha value is -1.59. The zero-order valence-corrected chi connectivity index (χ0v) is 12.8. The van der Waals surface area contributed by atoms with E-state index in [0.29, 0.717) is 22.3 Å². The number of hydrogen-bond acceptors (Lipinski definition) is 5. The molecule has 6 heteroatoms. The number of nitrogens with zero attached hydrogens (tertiary/aromatic N) is 1. The third-order valence-electron chi connectivity index (χ3n) is 2.58. The number of hydrogen-bond donors (Lipinski definition) is 1. The number of ether oxygens (including phenoxy) is 1. The molecular weight excluding hydrogens is 296 g/mol. The van der Waals surface area contributed by atoms with Crippen LogP contribution in [0.4, 0.5) is 5.69 Å². The minimum absolute atomic E-state index is 0.323. The number of carbonyl (C=O) groups is 1. The third kappa shape index (κ3) is 3.49. The average Bonchev–Trinajstić information content (AvgIpc) is 2.84. The third-order valence-corrected chi connectivity index (χ3v) is 3.94. The predicted molar refractivity (Wildman–Crippen MR) is 81.3 cm³/mol. The van der Waals surface area contributed by atoms with Crippen LogP contribution in [0.15, 0.2) is 29.6 Å². The molecule has 106 valence electrons. The summed E-state index contributed by atoms with van der Waals surface area (Å²) in [7, 11) is 0. The quantitative estimate of drug-likeness (QED) is 0.853. The fourth-order valence-corrected chi connectivity index (χ4v) is 2.71. The van der Waals surface area contributed by atoms with Gasteiger partial charge in [-0.15, -0.1) is 11.3 Å². The van der Waals surface area contributed by atoms with Gasteiger partial charge in [0.2, 0.25) is 0 Å². The van der Waals surface area contributed by atoms with E-state index in [1.165, 1.54) is 11.3 Å². The van der Waals surface area contributed by atoms with Crippen LogP contribution in [0.5, 0.6) is 0 Å². The number of para-hydroxylation sites is 1. The fraction of sp³-hybridized carbons (Fsp3) is 0.286. The molecule has 0 saturated carbocycles. The van der Waals surface area contributed by atoms with Crippen molar-refractivity contribution in [2.45, 2.75) is 19.9 Å². The van der Waals surface area contributed by atoms with Crippen LogP contribution in [0.25, 0.3) is 0 Å². The molecule has 0 aliphatic heterocycles. The zero-order chi connectivity index (χ0) is 14.5. The Bertz CT molecular complexity index is 600. The number of carbonyl (C=O) groups excluding carboxylic acids is 1. The van der Waals surface area contributed by atoms with Crippen LogP contribution in [0.2, 0.25) is 5.02 Å². The number of aromatic nitrogens is 1. The fourth-order valence-electron chi connectivity index (χ4n) is 1.69. The molecule has 0 aliphatic carbocycles. The van der Waals surface area contributed by atoms with Gasteiger partial charge in [-0.3, -0.25) is 0 Å². The minimum Gasteiger partial charge on any atom is -0.464 e. The number of benzene rings is 1. The molecule has 0 bridgehead atoms. The Morgan fingerprint density at radius 1 is 1.50 bits per heavy atom. The molecule has 1 aromatic carbocycles. The van der Waals surface area contributed by atoms with Crippen molar-refractivity contribution in [2.24, 2.45) is 0 Å². The van der Waals surface area contributed by atoms with Gasteiger partial charge in [0.15, 0.2) is 6.04 Å². The van der Waals surface area contributed by atoms with Gasteiger partial charge in [-0.25, -0.2) is 9.78 Å². The van der Waals surface area contributed by atoms with E-state index in [1.54, 1.807) is 13.0 Å². The molecule has 2 rings (SSSR count). The van der Waals surface area contributed by atoms with Crippen molar-refractivity contribution >= 4 is 34.6 Å². The van der Waals surface area contributed by atoms with E-state index in [4.69, 9.17) is 16.3 Å². The number of aryl methyl sites for hydroxylation is 1. The lowest BCUT2D eigenvalue weighted by molar-refractivity contribution is -0.144. The van der Waals surface area contributed by atoms with Crippen LogP contribution in [0.3, 0.4) is 0 Å². The van der Waals surface area contributed by atoms with Crippen molar-refractivity contribution in [3.63, 3.8) is 0 Å². The van der Waals surface area contributed by atoms with Crippen molar-refractivity contribution in [3.05, 3.63) is 45.4 Å². The summed E-state index contributed by atoms with van der Waals surface area (Å²) < 4.78 is 5.10. The van der Waals surface area contributed by atoms with E-state index in [2.05, 4.69) is 10.3 Å². The molecule has 1 atom stereocenters. The maximum atomic E-state index is 12.1. The largest absolute Gasteiger partial charge is 0.464 e. The van der Waals surface area contributed by atoms with E-state index in [9.17, 15) is 4.79 Å². The molecule has 2 aromatic rings. The van der Waals surface area contributed by atoms with Crippen molar-refractivity contribution in [1.82, 2.24) is 4.98 Å². The second-order valence-corrected chi connectivity index (χ2v) is 5.43. The highest BCUT2D eigenvalue weighted by Crippen LogP contribution is 2.28. The van der Waals surface area contributed by atoms with E-state index in [1.807, 2.05) is 30.5 Å². The maximum absolute atomic E-state index is 12.1. The summed E-state index contributed by atoms with van der Waals surface area (Å²) in [6.45, 7) is 3.99. The van der Waals surface area contributed by atoms with Crippen molar-refractivity contribution in [2.75, 3.05) is 11.9 Å². The number of thiazole rings is 1. The van der Waals surface area contributed by atoms with Gasteiger partial charge in [-0.2, -0.15) is 0 Å². The monoisotopic (exact) mass is 310 g/mol. The molecule has 0 spiro atoms. The van der Waals surface area contributed by atoms with Gasteiger partial charge in [0, 0.05) is 11.1 Å². The smallest absolute Gasteiger partial charge is 0.335 e. The summed E-state index contributed by atoms with van der Waals surface area (Å²) >= 11 is 7.53. The Morgan fingerprint density at radius 3 is 2.85 bits per heavy atom. The van der Waals surface area contributed by atoms with Crippen LogP contribution in [0.1, 0.15) is 23.7 Å². The minimum atomic E-state index is -0.645. The summed E-state index contributed by atoms with van der Waals surface area (Å²) in [5.74, 6) is -0.359. The van der Waals surface area contributed by atoms with Crippen LogP contribution in [0, 0.1) is 6.92 Å². The molecule has 0 fully saturated rings. The van der Waals surface area contributed by atoms with Crippen LogP contribution < -0.4 is 5.32 Å². The first-order valence-electron chi connectivity index (χ1n) is 6.21. The lowest BCUT2D eigenvalue weighted by Crippen LogP contribution is -2.23. The molecule has 1 heterocycles. The highest BCUT2D eigenvalue weighted by molar-refractivity contribution is 7.09. The number of anilines is 1. The summed E-state index contributed by atoms with van der Waals surface area (Å²) in [6.07, 6.45) is 0. The topological polar surface area (TPSA) is 51.2 Å². The van der Waals surface area contributed by atoms with E-state index >= 15 is 0 Å². The molecule has 4 nitrogen and oxygen atoms in total. The van der Waals surface area contributed by atoms with Gasteiger partial charge < -0.3 is 10.1 Å². The van der Waals surface area contributed by atoms with E-state index in [-0.39, 0.29) is 5.97 Å². The Balaban J connectivity index is 2.27. The van der Waals surface area contributed by atoms with E-state index < -0.39 is 6.04 Å². The first-order valence-corrected chi connectivity index (χ1v) is 7.47. The van der Waals surface area contributed by atoms with Crippen molar-refractivity contribution in [3.8, 4) is 0 Å². The summed E-state index contributed by atoms with van der Waals surface area (Å²) in [6, 6.07) is 6.62. The van der Waals surface area contributed by atoms with Gasteiger partial charge in [0.05, 0.1) is 17.3 Å². The molecular formula is C14H15ClN2O2S. The maximum Gasteiger partial charge on any atom is 0.335 e. The average molecular weight is 311 g/mol. The number of rotatable bonds is 5. The van der Waals surface area contributed by atoms with E-state index in [0.717, 1.165) is 5.69 Å². The molecule has 1 N–H and O–H groups in total. The molecule has 1 aromatic heterocycles. The molecule has 0 amide bonds. The highest BCUT2D eigenvalue weighted by atomic mass is 35.5. The normalized spacial score (nSPS) is 11.9. The van der Waals surface area contributed by atoms with Gasteiger partial charge >= 0.3 is 5.97 Å². The van der Waals surface area contributed by atoms with Gasteiger partial charge in [0.25, 0.3) is 0 Å². The number of halogens is 1. The molecule has 20 heavy (non-hydrogen) atoms. The highest BCUT2D eigenvalue weighted by Gasteiger charge is 2.25. The number of nitrogens with one attached hydrogen (secondary N) is 1. The summed E-state index contributed by atoms with van der Waals surface area (Å²) in [5.41, 5.74) is 1.56. The van der Waals surface area contributed by atoms with Crippen LogP contribution >= 0.6 is 22.9 Å². The Kier molecular flexibility index (Phi) is 4.98. The van der Waals surface area contributed by atoms with Crippen molar-refractivity contribution < 1.29 is 9.53 Å².